The number of nitrogens with one attached hydrogen (secondary N) is 1. The molecule has 1 aromatic carbocycles. The Bertz CT molecular complexity index is 524. The van der Waals surface area contributed by atoms with Gasteiger partial charge >= 0.3 is 5.97 Å². The predicted octanol–water partition coefficient (Wildman–Crippen LogP) is 1.07. The van der Waals surface area contributed by atoms with Gasteiger partial charge in [-0.15, -0.1) is 0 Å². The van der Waals surface area contributed by atoms with Gasteiger partial charge < -0.3 is 24.6 Å². The zero-order valence-corrected chi connectivity index (χ0v) is 13.0. The lowest BCUT2D eigenvalue weighted by atomic mass is 9.94. The van der Waals surface area contributed by atoms with Crippen LogP contribution >= 0.6 is 0 Å². The largest absolute Gasteiger partial charge is 0.497 e. The quantitative estimate of drug-likeness (QED) is 0.779. The van der Waals surface area contributed by atoms with Gasteiger partial charge in [-0.2, -0.15) is 0 Å². The molecule has 2 unspecified atom stereocenters. The lowest BCUT2D eigenvalue weighted by Crippen LogP contribution is -2.49. The van der Waals surface area contributed by atoms with E-state index >= 15 is 0 Å². The molecular formula is C16H21NO6. The van der Waals surface area contributed by atoms with Crippen LogP contribution in [-0.4, -0.2) is 50.0 Å². The first-order chi connectivity index (χ1) is 11.1. The Balaban J connectivity index is 1.84. The van der Waals surface area contributed by atoms with E-state index in [0.29, 0.717) is 24.7 Å². The molecule has 0 aliphatic carbocycles. The molecule has 0 aromatic heterocycles. The van der Waals surface area contributed by atoms with Gasteiger partial charge in [0.2, 0.25) is 0 Å². The van der Waals surface area contributed by atoms with E-state index < -0.39 is 17.9 Å². The molecule has 1 heterocycles. The van der Waals surface area contributed by atoms with Gasteiger partial charge in [-0.05, 0) is 37.1 Å². The maximum Gasteiger partial charge on any atom is 0.326 e. The van der Waals surface area contributed by atoms with Gasteiger partial charge in [-0.3, -0.25) is 4.79 Å². The Kier molecular flexibility index (Phi) is 6.22. The van der Waals surface area contributed by atoms with Crippen LogP contribution in [0.3, 0.4) is 0 Å². The summed E-state index contributed by atoms with van der Waals surface area (Å²) in [6.07, 6.45) is 1.52. The van der Waals surface area contributed by atoms with Crippen LogP contribution in [0.5, 0.6) is 11.5 Å². The number of hydrogen-bond acceptors (Lipinski definition) is 5. The Morgan fingerprint density at radius 1 is 1.35 bits per heavy atom. The molecular weight excluding hydrogens is 302 g/mol. The van der Waals surface area contributed by atoms with Crippen molar-refractivity contribution in [3.05, 3.63) is 24.3 Å². The molecule has 7 heteroatoms. The van der Waals surface area contributed by atoms with Crippen LogP contribution < -0.4 is 14.8 Å². The zero-order valence-electron chi connectivity index (χ0n) is 13.0. The average Bonchev–Trinajstić information content (AvgIpc) is 2.58. The molecule has 2 rings (SSSR count). The van der Waals surface area contributed by atoms with Crippen molar-refractivity contribution in [1.82, 2.24) is 5.32 Å². The van der Waals surface area contributed by atoms with Gasteiger partial charge in [0.05, 0.1) is 13.7 Å². The van der Waals surface area contributed by atoms with Crippen molar-refractivity contribution in [2.45, 2.75) is 18.9 Å². The van der Waals surface area contributed by atoms with Gasteiger partial charge in [-0.1, -0.05) is 0 Å². The summed E-state index contributed by atoms with van der Waals surface area (Å²) >= 11 is 0. The van der Waals surface area contributed by atoms with E-state index in [1.54, 1.807) is 31.4 Å². The molecule has 1 fully saturated rings. The van der Waals surface area contributed by atoms with E-state index in [0.717, 1.165) is 12.8 Å². The summed E-state index contributed by atoms with van der Waals surface area (Å²) in [5, 5.41) is 11.8. The second-order valence-corrected chi connectivity index (χ2v) is 5.32. The second kappa shape index (κ2) is 8.38. The summed E-state index contributed by atoms with van der Waals surface area (Å²) in [6, 6.07) is 5.83. The average molecular weight is 323 g/mol. The van der Waals surface area contributed by atoms with Crippen LogP contribution in [0, 0.1) is 5.92 Å². The normalized spacial score (nSPS) is 18.7. The lowest BCUT2D eigenvalue weighted by Gasteiger charge is -2.28. The third-order valence-electron chi connectivity index (χ3n) is 3.68. The fourth-order valence-corrected chi connectivity index (χ4v) is 2.45. The minimum absolute atomic E-state index is 0.216. The van der Waals surface area contributed by atoms with Crippen LogP contribution in [0.1, 0.15) is 12.8 Å². The molecule has 1 amide bonds. The molecule has 23 heavy (non-hydrogen) atoms. The van der Waals surface area contributed by atoms with E-state index in [2.05, 4.69) is 5.32 Å². The van der Waals surface area contributed by atoms with Crippen molar-refractivity contribution in [1.29, 1.82) is 0 Å². The zero-order chi connectivity index (χ0) is 16.7. The van der Waals surface area contributed by atoms with Gasteiger partial charge in [0.1, 0.15) is 17.5 Å². The van der Waals surface area contributed by atoms with Gasteiger partial charge in [0.15, 0.2) is 6.61 Å². The van der Waals surface area contributed by atoms with E-state index in [4.69, 9.17) is 14.2 Å². The summed E-state index contributed by atoms with van der Waals surface area (Å²) < 4.78 is 15.7. The lowest BCUT2D eigenvalue weighted by molar-refractivity contribution is -0.145. The van der Waals surface area contributed by atoms with Crippen molar-refractivity contribution in [3.63, 3.8) is 0 Å². The number of amides is 1. The number of carboxylic acids is 1. The number of aliphatic carboxylic acids is 1. The highest BCUT2D eigenvalue weighted by Gasteiger charge is 2.31. The molecule has 2 N–H and O–H groups in total. The highest BCUT2D eigenvalue weighted by molar-refractivity contribution is 5.84. The Labute approximate surface area is 134 Å². The first-order valence-electron chi connectivity index (χ1n) is 7.47. The maximum absolute atomic E-state index is 11.9. The monoisotopic (exact) mass is 323 g/mol. The van der Waals surface area contributed by atoms with E-state index in [1.165, 1.54) is 0 Å². The van der Waals surface area contributed by atoms with E-state index in [1.807, 2.05) is 0 Å². The number of methoxy groups -OCH3 is 1. The van der Waals surface area contributed by atoms with Crippen molar-refractivity contribution >= 4 is 11.9 Å². The van der Waals surface area contributed by atoms with Crippen LogP contribution in [0.15, 0.2) is 24.3 Å². The fraction of sp³-hybridized carbons (Fsp3) is 0.500. The minimum atomic E-state index is -1.06. The van der Waals surface area contributed by atoms with Crippen molar-refractivity contribution in [2.24, 2.45) is 5.92 Å². The third-order valence-corrected chi connectivity index (χ3v) is 3.68. The summed E-state index contributed by atoms with van der Waals surface area (Å²) in [7, 11) is 1.56. The molecule has 7 nitrogen and oxygen atoms in total. The molecule has 0 radical (unpaired) electrons. The standard InChI is InChI=1S/C16H21NO6/c1-21-12-4-6-13(7-5-12)23-10-14(18)17-15(16(19)20)11-3-2-8-22-9-11/h4-7,11,15H,2-3,8-10H2,1H3,(H,17,18)(H,19,20). The number of carbonyl (C=O) groups is 2. The highest BCUT2D eigenvalue weighted by atomic mass is 16.5. The number of carbonyl (C=O) groups excluding carboxylic acids is 1. The Morgan fingerprint density at radius 2 is 2.04 bits per heavy atom. The first-order valence-corrected chi connectivity index (χ1v) is 7.47. The Morgan fingerprint density at radius 3 is 2.61 bits per heavy atom. The number of ether oxygens (including phenoxy) is 3. The first kappa shape index (κ1) is 17.1. The smallest absolute Gasteiger partial charge is 0.326 e. The third kappa shape index (κ3) is 5.14. The molecule has 1 aliphatic heterocycles. The molecule has 2 atom stereocenters. The summed E-state index contributed by atoms with van der Waals surface area (Å²) in [4.78, 5) is 23.3. The maximum atomic E-state index is 11.9. The van der Waals surface area contributed by atoms with Crippen molar-refractivity contribution < 1.29 is 28.9 Å². The second-order valence-electron chi connectivity index (χ2n) is 5.32. The number of benzene rings is 1. The predicted molar refractivity (Wildman–Crippen MR) is 81.6 cm³/mol. The van der Waals surface area contributed by atoms with E-state index in [9.17, 15) is 14.7 Å². The van der Waals surface area contributed by atoms with Gasteiger partial charge in [0.25, 0.3) is 5.91 Å². The molecule has 1 aromatic rings. The Hall–Kier alpha value is -2.28. The highest BCUT2D eigenvalue weighted by Crippen LogP contribution is 2.19. The molecule has 0 saturated carbocycles. The molecule has 0 bridgehead atoms. The van der Waals surface area contributed by atoms with Crippen molar-refractivity contribution in [2.75, 3.05) is 26.9 Å². The molecule has 1 aliphatic rings. The van der Waals surface area contributed by atoms with Crippen molar-refractivity contribution in [3.8, 4) is 11.5 Å². The summed E-state index contributed by atoms with van der Waals surface area (Å²) in [5.74, 6) is -0.554. The number of rotatable bonds is 7. The topological polar surface area (TPSA) is 94.1 Å². The summed E-state index contributed by atoms with van der Waals surface area (Å²) in [5.41, 5.74) is 0. The molecule has 1 saturated heterocycles. The van der Waals surface area contributed by atoms with Crippen LogP contribution in [0.2, 0.25) is 0 Å². The summed E-state index contributed by atoms with van der Waals surface area (Å²) in [6.45, 7) is 0.734. The van der Waals surface area contributed by atoms with Crippen LogP contribution in [-0.2, 0) is 14.3 Å². The number of hydrogen-bond donors (Lipinski definition) is 2. The SMILES string of the molecule is COc1ccc(OCC(=O)NC(C(=O)O)C2CCCOC2)cc1. The molecule has 0 spiro atoms. The fourth-order valence-electron chi connectivity index (χ4n) is 2.45. The van der Waals surface area contributed by atoms with Crippen LogP contribution in [0.25, 0.3) is 0 Å². The van der Waals surface area contributed by atoms with E-state index in [-0.39, 0.29) is 12.5 Å². The number of carboxylic acid groups (broad SMARTS) is 1. The van der Waals surface area contributed by atoms with Crippen LogP contribution in [0.4, 0.5) is 0 Å². The minimum Gasteiger partial charge on any atom is -0.497 e. The van der Waals surface area contributed by atoms with Gasteiger partial charge in [-0.25, -0.2) is 4.79 Å². The van der Waals surface area contributed by atoms with Gasteiger partial charge in [0, 0.05) is 12.5 Å². The molecule has 126 valence electrons.